The topological polar surface area (TPSA) is 68.8 Å². The van der Waals surface area contributed by atoms with Crippen LogP contribution in [0.2, 0.25) is 0 Å². The van der Waals surface area contributed by atoms with Gasteiger partial charge in [-0.15, -0.1) is 0 Å². The SMILES string of the molecule is CN=C(NCCc1cccc(C(=O)NC)c1)NCC1CCCN(CC(C)C)C1. The van der Waals surface area contributed by atoms with E-state index in [-0.39, 0.29) is 5.91 Å². The van der Waals surface area contributed by atoms with E-state index in [1.54, 1.807) is 7.05 Å². The molecule has 1 saturated heterocycles. The molecular formula is C22H37N5O. The van der Waals surface area contributed by atoms with E-state index in [4.69, 9.17) is 0 Å². The van der Waals surface area contributed by atoms with Crippen molar-refractivity contribution in [2.45, 2.75) is 33.1 Å². The van der Waals surface area contributed by atoms with Gasteiger partial charge < -0.3 is 20.9 Å². The van der Waals surface area contributed by atoms with Crippen LogP contribution in [0.5, 0.6) is 0 Å². The molecular weight excluding hydrogens is 350 g/mol. The number of nitrogens with zero attached hydrogens (tertiary/aromatic N) is 2. The van der Waals surface area contributed by atoms with Crippen LogP contribution in [-0.2, 0) is 6.42 Å². The van der Waals surface area contributed by atoms with Gasteiger partial charge in [-0.1, -0.05) is 26.0 Å². The first-order chi connectivity index (χ1) is 13.5. The molecule has 1 aromatic carbocycles. The molecule has 1 aliphatic heterocycles. The largest absolute Gasteiger partial charge is 0.356 e. The number of benzene rings is 1. The maximum Gasteiger partial charge on any atom is 0.251 e. The minimum Gasteiger partial charge on any atom is -0.356 e. The van der Waals surface area contributed by atoms with Crippen molar-refractivity contribution in [1.82, 2.24) is 20.9 Å². The number of guanidine groups is 1. The number of hydrogen-bond donors (Lipinski definition) is 3. The van der Waals surface area contributed by atoms with Gasteiger partial charge in [0.1, 0.15) is 0 Å². The first-order valence-electron chi connectivity index (χ1n) is 10.5. The number of nitrogens with one attached hydrogen (secondary N) is 3. The summed E-state index contributed by atoms with van der Waals surface area (Å²) < 4.78 is 0. The fraction of sp³-hybridized carbons (Fsp3) is 0.636. The zero-order valence-corrected chi connectivity index (χ0v) is 17.9. The molecule has 0 aromatic heterocycles. The van der Waals surface area contributed by atoms with Crippen molar-refractivity contribution in [1.29, 1.82) is 0 Å². The second kappa shape index (κ2) is 11.7. The molecule has 1 fully saturated rings. The van der Waals surface area contributed by atoms with Crippen LogP contribution >= 0.6 is 0 Å². The van der Waals surface area contributed by atoms with Gasteiger partial charge in [-0.2, -0.15) is 0 Å². The van der Waals surface area contributed by atoms with Crippen LogP contribution in [0.25, 0.3) is 0 Å². The van der Waals surface area contributed by atoms with E-state index >= 15 is 0 Å². The lowest BCUT2D eigenvalue weighted by molar-refractivity contribution is 0.0963. The van der Waals surface area contributed by atoms with Crippen molar-refractivity contribution < 1.29 is 4.79 Å². The van der Waals surface area contributed by atoms with Crippen molar-refractivity contribution >= 4 is 11.9 Å². The van der Waals surface area contributed by atoms with Gasteiger partial charge in [0.2, 0.25) is 0 Å². The van der Waals surface area contributed by atoms with E-state index in [0.717, 1.165) is 37.0 Å². The Hall–Kier alpha value is -2.08. The second-order valence-electron chi connectivity index (χ2n) is 8.07. The van der Waals surface area contributed by atoms with Crippen molar-refractivity contribution in [3.63, 3.8) is 0 Å². The van der Waals surface area contributed by atoms with Crippen molar-refractivity contribution in [2.24, 2.45) is 16.8 Å². The standard InChI is InChI=1S/C22H37N5O/c1-17(2)15-27-12-6-8-19(16-27)14-26-22(24-4)25-11-10-18-7-5-9-20(13-18)21(28)23-3/h5,7,9,13,17,19H,6,8,10-12,14-16H2,1-4H3,(H,23,28)(H2,24,25,26). The lowest BCUT2D eigenvalue weighted by Gasteiger charge is -2.34. The Morgan fingerprint density at radius 3 is 2.86 bits per heavy atom. The molecule has 1 amide bonds. The number of amides is 1. The van der Waals surface area contributed by atoms with E-state index in [2.05, 4.69) is 45.8 Å². The van der Waals surface area contributed by atoms with Gasteiger partial charge in [-0.25, -0.2) is 0 Å². The highest BCUT2D eigenvalue weighted by Crippen LogP contribution is 2.16. The van der Waals surface area contributed by atoms with Gasteiger partial charge in [0.05, 0.1) is 0 Å². The zero-order valence-electron chi connectivity index (χ0n) is 17.9. The summed E-state index contributed by atoms with van der Waals surface area (Å²) in [6, 6.07) is 7.76. The molecule has 0 radical (unpaired) electrons. The highest BCUT2D eigenvalue weighted by molar-refractivity contribution is 5.94. The fourth-order valence-electron chi connectivity index (χ4n) is 3.80. The van der Waals surface area contributed by atoms with E-state index in [0.29, 0.717) is 11.5 Å². The summed E-state index contributed by atoms with van der Waals surface area (Å²) in [4.78, 5) is 18.7. The normalized spacial score (nSPS) is 18.2. The highest BCUT2D eigenvalue weighted by atomic mass is 16.1. The number of rotatable bonds is 8. The van der Waals surface area contributed by atoms with E-state index < -0.39 is 0 Å². The summed E-state index contributed by atoms with van der Waals surface area (Å²) in [7, 11) is 3.47. The summed E-state index contributed by atoms with van der Waals surface area (Å²) in [5, 5.41) is 9.54. The van der Waals surface area contributed by atoms with Gasteiger partial charge in [0.15, 0.2) is 5.96 Å². The molecule has 1 aromatic rings. The molecule has 1 aliphatic rings. The summed E-state index contributed by atoms with van der Waals surface area (Å²) in [6.07, 6.45) is 3.41. The summed E-state index contributed by atoms with van der Waals surface area (Å²) in [6.45, 7) is 9.92. The molecule has 6 heteroatoms. The quantitative estimate of drug-likeness (QED) is 0.472. The van der Waals surface area contributed by atoms with Crippen molar-refractivity contribution in [2.75, 3.05) is 46.8 Å². The van der Waals surface area contributed by atoms with E-state index in [9.17, 15) is 4.79 Å². The third kappa shape index (κ3) is 7.50. The molecule has 156 valence electrons. The number of carbonyl (C=O) groups is 1. The third-order valence-corrected chi connectivity index (χ3v) is 5.13. The average molecular weight is 388 g/mol. The van der Waals surface area contributed by atoms with Crippen LogP contribution in [-0.4, -0.2) is 63.6 Å². The second-order valence-corrected chi connectivity index (χ2v) is 8.07. The molecule has 2 rings (SSSR count). The fourth-order valence-corrected chi connectivity index (χ4v) is 3.80. The van der Waals surface area contributed by atoms with Gasteiger partial charge in [0, 0.05) is 45.8 Å². The molecule has 6 nitrogen and oxygen atoms in total. The lowest BCUT2D eigenvalue weighted by Crippen LogP contribution is -2.45. The monoisotopic (exact) mass is 387 g/mol. The summed E-state index contributed by atoms with van der Waals surface area (Å²) in [5.74, 6) is 2.20. The Morgan fingerprint density at radius 2 is 2.14 bits per heavy atom. The van der Waals surface area contributed by atoms with Crippen LogP contribution < -0.4 is 16.0 Å². The number of hydrogen-bond acceptors (Lipinski definition) is 3. The maximum absolute atomic E-state index is 11.8. The van der Waals surface area contributed by atoms with Crippen molar-refractivity contribution in [3.8, 4) is 0 Å². The van der Waals surface area contributed by atoms with Gasteiger partial charge in [-0.3, -0.25) is 9.79 Å². The Morgan fingerprint density at radius 1 is 1.32 bits per heavy atom. The number of likely N-dealkylation sites (tertiary alicyclic amines) is 1. The molecule has 1 heterocycles. The molecule has 0 aliphatic carbocycles. The lowest BCUT2D eigenvalue weighted by atomic mass is 9.97. The molecule has 0 spiro atoms. The maximum atomic E-state index is 11.8. The van der Waals surface area contributed by atoms with Crippen LogP contribution in [0.1, 0.15) is 42.6 Å². The van der Waals surface area contributed by atoms with Gasteiger partial charge in [0.25, 0.3) is 5.91 Å². The Balaban J connectivity index is 1.74. The molecule has 0 saturated carbocycles. The van der Waals surface area contributed by atoms with Crippen molar-refractivity contribution in [3.05, 3.63) is 35.4 Å². The van der Waals surface area contributed by atoms with Gasteiger partial charge >= 0.3 is 0 Å². The zero-order chi connectivity index (χ0) is 20.4. The minimum atomic E-state index is -0.0497. The minimum absolute atomic E-state index is 0.0497. The van der Waals surface area contributed by atoms with Crippen LogP contribution in [0.3, 0.4) is 0 Å². The van der Waals surface area contributed by atoms with E-state index in [1.807, 2.05) is 25.2 Å². The molecule has 3 N–H and O–H groups in total. The smallest absolute Gasteiger partial charge is 0.251 e. The number of aliphatic imine (C=N–C) groups is 1. The van der Waals surface area contributed by atoms with E-state index in [1.165, 1.54) is 32.5 Å². The molecule has 28 heavy (non-hydrogen) atoms. The van der Waals surface area contributed by atoms with Gasteiger partial charge in [-0.05, 0) is 55.3 Å². The Bertz CT molecular complexity index is 644. The average Bonchev–Trinajstić information content (AvgIpc) is 2.70. The van der Waals surface area contributed by atoms with Crippen LogP contribution in [0.4, 0.5) is 0 Å². The Kier molecular flexibility index (Phi) is 9.28. The summed E-state index contributed by atoms with van der Waals surface area (Å²) >= 11 is 0. The number of piperidine rings is 1. The number of carbonyl (C=O) groups excluding carboxylic acids is 1. The first kappa shape index (κ1) is 22.2. The van der Waals surface area contributed by atoms with Crippen LogP contribution in [0.15, 0.2) is 29.3 Å². The molecule has 1 unspecified atom stereocenters. The summed E-state index contributed by atoms with van der Waals surface area (Å²) in [5.41, 5.74) is 1.84. The molecule has 0 bridgehead atoms. The third-order valence-electron chi connectivity index (χ3n) is 5.13. The predicted octanol–water partition coefficient (Wildman–Crippen LogP) is 2.12. The van der Waals surface area contributed by atoms with Crippen LogP contribution in [0, 0.1) is 11.8 Å². The molecule has 1 atom stereocenters. The Labute approximate surface area is 170 Å². The highest BCUT2D eigenvalue weighted by Gasteiger charge is 2.20. The predicted molar refractivity (Wildman–Crippen MR) is 117 cm³/mol. The first-order valence-corrected chi connectivity index (χ1v) is 10.5.